The number of aromatic nitrogens is 1. The fourth-order valence-electron chi connectivity index (χ4n) is 2.42. The van der Waals surface area contributed by atoms with Crippen LogP contribution in [0.4, 0.5) is 9.52 Å². The van der Waals surface area contributed by atoms with Gasteiger partial charge in [0.2, 0.25) is 5.91 Å². The van der Waals surface area contributed by atoms with Crippen molar-refractivity contribution in [3.63, 3.8) is 0 Å². The number of ether oxygens (including phenoxy) is 1. The number of anilines is 1. The molecular formula is C21H19FN2O2S. The van der Waals surface area contributed by atoms with Gasteiger partial charge in [-0.25, -0.2) is 9.37 Å². The summed E-state index contributed by atoms with van der Waals surface area (Å²) < 4.78 is 18.0. The van der Waals surface area contributed by atoms with Gasteiger partial charge in [0.1, 0.15) is 5.82 Å². The molecule has 1 amide bonds. The van der Waals surface area contributed by atoms with E-state index in [9.17, 15) is 9.18 Å². The highest BCUT2D eigenvalue weighted by molar-refractivity contribution is 7.14. The highest BCUT2D eigenvalue weighted by Crippen LogP contribution is 2.25. The molecule has 1 heterocycles. The van der Waals surface area contributed by atoms with Gasteiger partial charge in [-0.15, -0.1) is 11.3 Å². The third-order valence-electron chi connectivity index (χ3n) is 3.88. The van der Waals surface area contributed by atoms with E-state index in [4.69, 9.17) is 4.74 Å². The van der Waals surface area contributed by atoms with Gasteiger partial charge >= 0.3 is 0 Å². The van der Waals surface area contributed by atoms with Crippen molar-refractivity contribution in [2.75, 3.05) is 19.0 Å². The van der Waals surface area contributed by atoms with Gasteiger partial charge in [-0.1, -0.05) is 36.4 Å². The van der Waals surface area contributed by atoms with Crippen LogP contribution in [-0.4, -0.2) is 24.6 Å². The fourth-order valence-corrected chi connectivity index (χ4v) is 3.14. The van der Waals surface area contributed by atoms with Gasteiger partial charge in [0, 0.05) is 24.1 Å². The predicted octanol–water partition coefficient (Wildman–Crippen LogP) is 4.79. The van der Waals surface area contributed by atoms with Crippen LogP contribution in [0.2, 0.25) is 0 Å². The van der Waals surface area contributed by atoms with E-state index in [0.717, 1.165) is 23.2 Å². The van der Waals surface area contributed by atoms with Crippen molar-refractivity contribution in [1.29, 1.82) is 0 Å². The van der Waals surface area contributed by atoms with E-state index in [-0.39, 0.29) is 11.7 Å². The second-order valence-corrected chi connectivity index (χ2v) is 6.71. The zero-order chi connectivity index (χ0) is 19.1. The fraction of sp³-hybridized carbons (Fsp3) is 0.143. The molecule has 3 aromatic rings. The Morgan fingerprint density at radius 3 is 2.63 bits per heavy atom. The number of carbonyl (C=O) groups excluding carboxylic acids is 1. The van der Waals surface area contributed by atoms with Crippen molar-refractivity contribution in [2.45, 2.75) is 6.42 Å². The minimum absolute atomic E-state index is 0.282. The summed E-state index contributed by atoms with van der Waals surface area (Å²) >= 11 is 1.37. The third-order valence-corrected chi connectivity index (χ3v) is 4.63. The Morgan fingerprint density at radius 2 is 1.93 bits per heavy atom. The number of carbonyl (C=O) groups is 1. The molecule has 2 aromatic carbocycles. The Balaban J connectivity index is 1.60. The van der Waals surface area contributed by atoms with Gasteiger partial charge in [0.25, 0.3) is 0 Å². The van der Waals surface area contributed by atoms with Gasteiger partial charge < -0.3 is 4.74 Å². The standard InChI is InChI=1S/C21H19FN2O2S/c1-26-13-12-16-2-7-17(8-3-16)19-14-27-21(23-19)24-20(25)11-6-15-4-9-18(22)10-5-15/h2-11,14H,12-13H2,1H3,(H,23,24,25)/b11-6+. The third kappa shape index (κ3) is 5.57. The lowest BCUT2D eigenvalue weighted by Gasteiger charge is -2.02. The van der Waals surface area contributed by atoms with Gasteiger partial charge in [-0.2, -0.15) is 0 Å². The van der Waals surface area contributed by atoms with Gasteiger partial charge in [0.05, 0.1) is 12.3 Å². The number of hydrogen-bond acceptors (Lipinski definition) is 4. The monoisotopic (exact) mass is 382 g/mol. The Kier molecular flexibility index (Phi) is 6.46. The van der Waals surface area contributed by atoms with Crippen molar-refractivity contribution < 1.29 is 13.9 Å². The molecule has 0 aliphatic carbocycles. The van der Waals surface area contributed by atoms with E-state index in [0.29, 0.717) is 11.7 Å². The number of rotatable bonds is 7. The van der Waals surface area contributed by atoms with E-state index in [1.54, 1.807) is 25.3 Å². The zero-order valence-corrected chi connectivity index (χ0v) is 15.6. The molecule has 6 heteroatoms. The van der Waals surface area contributed by atoms with E-state index < -0.39 is 0 Å². The molecule has 0 unspecified atom stereocenters. The molecule has 0 fully saturated rings. The van der Waals surface area contributed by atoms with Crippen LogP contribution >= 0.6 is 11.3 Å². The number of halogens is 1. The molecule has 0 spiro atoms. The molecule has 1 aromatic heterocycles. The van der Waals surface area contributed by atoms with E-state index in [2.05, 4.69) is 22.4 Å². The van der Waals surface area contributed by atoms with Gasteiger partial charge in [-0.3, -0.25) is 10.1 Å². The molecule has 1 N–H and O–H groups in total. The number of nitrogens with one attached hydrogen (secondary N) is 1. The second kappa shape index (κ2) is 9.21. The smallest absolute Gasteiger partial charge is 0.250 e. The van der Waals surface area contributed by atoms with Crippen LogP contribution in [0.25, 0.3) is 17.3 Å². The van der Waals surface area contributed by atoms with E-state index >= 15 is 0 Å². The van der Waals surface area contributed by atoms with E-state index in [1.807, 2.05) is 17.5 Å². The molecule has 0 radical (unpaired) electrons. The SMILES string of the molecule is COCCc1ccc(-c2csc(NC(=O)/C=C/c3ccc(F)cc3)n2)cc1. The Labute approximate surface area is 161 Å². The van der Waals surface area contributed by atoms with Crippen molar-refractivity contribution in [2.24, 2.45) is 0 Å². The number of hydrogen-bond donors (Lipinski definition) is 1. The first kappa shape index (κ1) is 18.9. The first-order valence-corrected chi connectivity index (χ1v) is 9.30. The van der Waals surface area contributed by atoms with E-state index in [1.165, 1.54) is 35.1 Å². The summed E-state index contributed by atoms with van der Waals surface area (Å²) in [6.45, 7) is 0.692. The summed E-state index contributed by atoms with van der Waals surface area (Å²) in [5.74, 6) is -0.589. The lowest BCUT2D eigenvalue weighted by Crippen LogP contribution is -2.07. The molecule has 4 nitrogen and oxygen atoms in total. The maximum absolute atomic E-state index is 12.9. The normalized spacial score (nSPS) is 11.0. The topological polar surface area (TPSA) is 51.2 Å². The minimum Gasteiger partial charge on any atom is -0.384 e. The summed E-state index contributed by atoms with van der Waals surface area (Å²) in [5.41, 5.74) is 3.76. The quantitative estimate of drug-likeness (QED) is 0.598. The number of benzene rings is 2. The van der Waals surface area contributed by atoms with Crippen molar-refractivity contribution in [3.8, 4) is 11.3 Å². The largest absolute Gasteiger partial charge is 0.384 e. The average Bonchev–Trinajstić information content (AvgIpc) is 3.14. The van der Waals surface area contributed by atoms with Crippen LogP contribution in [-0.2, 0) is 16.0 Å². The maximum Gasteiger partial charge on any atom is 0.250 e. The molecular weight excluding hydrogens is 363 g/mol. The lowest BCUT2D eigenvalue weighted by atomic mass is 10.1. The number of methoxy groups -OCH3 is 1. The van der Waals surface area contributed by atoms with Crippen LogP contribution in [0.3, 0.4) is 0 Å². The van der Waals surface area contributed by atoms with Crippen LogP contribution in [0, 0.1) is 5.82 Å². The molecule has 0 saturated heterocycles. The van der Waals surface area contributed by atoms with Crippen LogP contribution in [0.5, 0.6) is 0 Å². The molecule has 0 aliphatic heterocycles. The second-order valence-electron chi connectivity index (χ2n) is 5.85. The van der Waals surface area contributed by atoms with Crippen LogP contribution in [0.15, 0.2) is 60.0 Å². The molecule has 27 heavy (non-hydrogen) atoms. The first-order chi connectivity index (χ1) is 13.1. The van der Waals surface area contributed by atoms with Crippen molar-refractivity contribution in [3.05, 3.63) is 76.9 Å². The number of nitrogens with zero attached hydrogens (tertiary/aromatic N) is 1. The summed E-state index contributed by atoms with van der Waals surface area (Å²) in [6, 6.07) is 14.1. The minimum atomic E-state index is -0.307. The van der Waals surface area contributed by atoms with Gasteiger partial charge in [-0.05, 0) is 35.8 Å². The molecule has 0 atom stereocenters. The highest BCUT2D eigenvalue weighted by atomic mass is 32.1. The average molecular weight is 382 g/mol. The van der Waals surface area contributed by atoms with Crippen molar-refractivity contribution >= 4 is 28.5 Å². The first-order valence-electron chi connectivity index (χ1n) is 8.42. The molecule has 0 saturated carbocycles. The Bertz CT molecular complexity index is 918. The van der Waals surface area contributed by atoms with Gasteiger partial charge in [0.15, 0.2) is 5.13 Å². The number of amides is 1. The molecule has 3 rings (SSSR count). The Morgan fingerprint density at radius 1 is 1.19 bits per heavy atom. The maximum atomic E-state index is 12.9. The summed E-state index contributed by atoms with van der Waals surface area (Å²) in [4.78, 5) is 16.5. The molecule has 0 bridgehead atoms. The van der Waals surface area contributed by atoms with Crippen molar-refractivity contribution in [1.82, 2.24) is 4.98 Å². The lowest BCUT2D eigenvalue weighted by molar-refractivity contribution is -0.111. The summed E-state index contributed by atoms with van der Waals surface area (Å²) in [7, 11) is 1.69. The number of thiazole rings is 1. The zero-order valence-electron chi connectivity index (χ0n) is 14.8. The Hall–Kier alpha value is -2.83. The van der Waals surface area contributed by atoms with Crippen LogP contribution in [0.1, 0.15) is 11.1 Å². The molecule has 138 valence electrons. The molecule has 0 aliphatic rings. The summed E-state index contributed by atoms with van der Waals surface area (Å²) in [6.07, 6.45) is 3.90. The summed E-state index contributed by atoms with van der Waals surface area (Å²) in [5, 5.41) is 5.18. The highest BCUT2D eigenvalue weighted by Gasteiger charge is 2.07. The predicted molar refractivity (Wildman–Crippen MR) is 107 cm³/mol. The van der Waals surface area contributed by atoms with Crippen LogP contribution < -0.4 is 5.32 Å².